The molecule has 1 aliphatic rings. The lowest BCUT2D eigenvalue weighted by atomic mass is 10.2. The van der Waals surface area contributed by atoms with Gasteiger partial charge in [0, 0.05) is 25.5 Å². The van der Waals surface area contributed by atoms with Gasteiger partial charge >= 0.3 is 5.97 Å². The van der Waals surface area contributed by atoms with Crippen molar-refractivity contribution in [3.8, 4) is 5.75 Å². The number of rotatable bonds is 5. The number of aromatic nitrogens is 1. The summed E-state index contributed by atoms with van der Waals surface area (Å²) < 4.78 is 16.2. The number of furan rings is 1. The Morgan fingerprint density at radius 1 is 1.35 bits per heavy atom. The molecule has 122 valence electrons. The summed E-state index contributed by atoms with van der Waals surface area (Å²) in [4.78, 5) is 17.7. The molecule has 0 aromatic carbocycles. The highest BCUT2D eigenvalue weighted by Gasteiger charge is 2.30. The lowest BCUT2D eigenvalue weighted by Gasteiger charge is -2.22. The number of carbonyl (C=O) groups is 1. The topological polar surface area (TPSA) is 64.8 Å². The van der Waals surface area contributed by atoms with Crippen molar-refractivity contribution in [2.24, 2.45) is 0 Å². The molecule has 3 rings (SSSR count). The van der Waals surface area contributed by atoms with Crippen LogP contribution in [0.15, 0.2) is 41.1 Å². The van der Waals surface area contributed by atoms with Gasteiger partial charge in [-0.25, -0.2) is 4.79 Å². The van der Waals surface area contributed by atoms with E-state index in [0.29, 0.717) is 0 Å². The molecule has 0 saturated carbocycles. The average Bonchev–Trinajstić information content (AvgIpc) is 3.24. The summed E-state index contributed by atoms with van der Waals surface area (Å²) in [5.41, 5.74) is 0. The number of pyridine rings is 1. The standard InChI is InChI=1S/C17H20N2O4/c1-12(15-3-4-16(23-15)17(20)21-2)19-10-7-14(11-19)22-13-5-8-18-9-6-13/h3-6,8-9,12,14H,7,10-11H2,1-2H3/t12-,14-/m0/s1. The Labute approximate surface area is 135 Å². The summed E-state index contributed by atoms with van der Waals surface area (Å²) in [7, 11) is 1.34. The highest BCUT2D eigenvalue weighted by molar-refractivity contribution is 5.86. The third-order valence-corrected chi connectivity index (χ3v) is 4.10. The third-order valence-electron chi connectivity index (χ3n) is 4.10. The van der Waals surface area contributed by atoms with Crippen LogP contribution in [0.4, 0.5) is 0 Å². The van der Waals surface area contributed by atoms with E-state index >= 15 is 0 Å². The van der Waals surface area contributed by atoms with Gasteiger partial charge < -0.3 is 13.9 Å². The zero-order valence-electron chi connectivity index (χ0n) is 13.3. The van der Waals surface area contributed by atoms with Crippen molar-refractivity contribution < 1.29 is 18.7 Å². The zero-order chi connectivity index (χ0) is 16.2. The Morgan fingerprint density at radius 2 is 2.13 bits per heavy atom. The first-order valence-corrected chi connectivity index (χ1v) is 7.66. The van der Waals surface area contributed by atoms with Crippen molar-refractivity contribution in [2.75, 3.05) is 20.2 Å². The maximum atomic E-state index is 11.5. The van der Waals surface area contributed by atoms with Crippen LogP contribution >= 0.6 is 0 Å². The lowest BCUT2D eigenvalue weighted by molar-refractivity contribution is 0.0559. The van der Waals surface area contributed by atoms with Crippen molar-refractivity contribution in [1.29, 1.82) is 0 Å². The molecule has 1 fully saturated rings. The van der Waals surface area contributed by atoms with E-state index in [-0.39, 0.29) is 17.9 Å². The molecular formula is C17H20N2O4. The maximum Gasteiger partial charge on any atom is 0.373 e. The van der Waals surface area contributed by atoms with Gasteiger partial charge in [0.05, 0.1) is 13.2 Å². The van der Waals surface area contributed by atoms with Gasteiger partial charge in [-0.3, -0.25) is 9.88 Å². The van der Waals surface area contributed by atoms with E-state index in [9.17, 15) is 4.79 Å². The van der Waals surface area contributed by atoms with Gasteiger partial charge in [-0.05, 0) is 37.6 Å². The van der Waals surface area contributed by atoms with Crippen molar-refractivity contribution in [3.05, 3.63) is 48.2 Å². The minimum Gasteiger partial charge on any atom is -0.489 e. The van der Waals surface area contributed by atoms with Gasteiger partial charge in [-0.1, -0.05) is 0 Å². The molecule has 2 atom stereocenters. The third kappa shape index (κ3) is 3.53. The molecule has 6 heteroatoms. The Kier molecular flexibility index (Phi) is 4.62. The van der Waals surface area contributed by atoms with Crippen LogP contribution < -0.4 is 4.74 Å². The summed E-state index contributed by atoms with van der Waals surface area (Å²) in [6, 6.07) is 7.29. The molecule has 23 heavy (non-hydrogen) atoms. The second-order valence-corrected chi connectivity index (χ2v) is 5.58. The van der Waals surface area contributed by atoms with Gasteiger partial charge in [0.25, 0.3) is 0 Å². The molecule has 0 spiro atoms. The van der Waals surface area contributed by atoms with Crippen LogP contribution in [0.5, 0.6) is 5.75 Å². The van der Waals surface area contributed by atoms with E-state index in [0.717, 1.165) is 31.0 Å². The molecule has 0 amide bonds. The first-order chi connectivity index (χ1) is 11.2. The van der Waals surface area contributed by atoms with E-state index in [2.05, 4.69) is 21.5 Å². The number of esters is 1. The van der Waals surface area contributed by atoms with Crippen molar-refractivity contribution in [2.45, 2.75) is 25.5 Å². The number of ether oxygens (including phenoxy) is 2. The normalized spacial score (nSPS) is 19.5. The molecule has 1 aliphatic heterocycles. The Balaban J connectivity index is 1.60. The molecule has 0 bridgehead atoms. The molecule has 6 nitrogen and oxygen atoms in total. The van der Waals surface area contributed by atoms with Gasteiger partial charge in [0.2, 0.25) is 5.76 Å². The fourth-order valence-corrected chi connectivity index (χ4v) is 2.78. The van der Waals surface area contributed by atoms with Crippen LogP contribution in [0.1, 0.15) is 35.7 Å². The first kappa shape index (κ1) is 15.6. The average molecular weight is 316 g/mol. The highest BCUT2D eigenvalue weighted by Crippen LogP contribution is 2.28. The number of likely N-dealkylation sites (tertiary alicyclic amines) is 1. The molecule has 1 saturated heterocycles. The minimum atomic E-state index is -0.455. The van der Waals surface area contributed by atoms with E-state index < -0.39 is 5.97 Å². The summed E-state index contributed by atoms with van der Waals surface area (Å²) in [6.45, 7) is 3.80. The Morgan fingerprint density at radius 3 is 2.87 bits per heavy atom. The molecule has 0 N–H and O–H groups in total. The zero-order valence-corrected chi connectivity index (χ0v) is 13.3. The van der Waals surface area contributed by atoms with E-state index in [1.54, 1.807) is 18.5 Å². The van der Waals surface area contributed by atoms with E-state index in [4.69, 9.17) is 9.15 Å². The van der Waals surface area contributed by atoms with Gasteiger partial charge in [-0.2, -0.15) is 0 Å². The molecule has 0 radical (unpaired) electrons. The fraction of sp³-hybridized carbons (Fsp3) is 0.412. The van der Waals surface area contributed by atoms with Gasteiger partial charge in [0.15, 0.2) is 0 Å². The van der Waals surface area contributed by atoms with Crippen LogP contribution in [0.25, 0.3) is 0 Å². The largest absolute Gasteiger partial charge is 0.489 e. The monoisotopic (exact) mass is 316 g/mol. The van der Waals surface area contributed by atoms with E-state index in [1.165, 1.54) is 7.11 Å². The fourth-order valence-electron chi connectivity index (χ4n) is 2.78. The molecule has 0 aliphatic carbocycles. The predicted octanol–water partition coefficient (Wildman–Crippen LogP) is 2.68. The molecular weight excluding hydrogens is 296 g/mol. The molecule has 0 unspecified atom stereocenters. The first-order valence-electron chi connectivity index (χ1n) is 7.66. The van der Waals surface area contributed by atoms with Crippen LogP contribution in [-0.2, 0) is 4.74 Å². The lowest BCUT2D eigenvalue weighted by Crippen LogP contribution is -2.27. The second-order valence-electron chi connectivity index (χ2n) is 5.58. The number of methoxy groups -OCH3 is 1. The van der Waals surface area contributed by atoms with Crippen molar-refractivity contribution in [3.63, 3.8) is 0 Å². The van der Waals surface area contributed by atoms with Gasteiger partial charge in [0.1, 0.15) is 17.6 Å². The highest BCUT2D eigenvalue weighted by atomic mass is 16.5. The van der Waals surface area contributed by atoms with Crippen LogP contribution in [0.3, 0.4) is 0 Å². The van der Waals surface area contributed by atoms with Crippen molar-refractivity contribution >= 4 is 5.97 Å². The summed E-state index contributed by atoms with van der Waals surface area (Å²) in [6.07, 6.45) is 4.55. The summed E-state index contributed by atoms with van der Waals surface area (Å²) in [5.74, 6) is 1.38. The number of nitrogens with zero attached hydrogens (tertiary/aromatic N) is 2. The second kappa shape index (κ2) is 6.83. The van der Waals surface area contributed by atoms with Crippen LogP contribution in [-0.4, -0.2) is 42.2 Å². The van der Waals surface area contributed by atoms with Crippen molar-refractivity contribution in [1.82, 2.24) is 9.88 Å². The Hall–Kier alpha value is -2.34. The minimum absolute atomic E-state index is 0.0828. The van der Waals surface area contributed by atoms with Crippen LogP contribution in [0, 0.1) is 0 Å². The number of carbonyl (C=O) groups excluding carboxylic acids is 1. The number of hydrogen-bond donors (Lipinski definition) is 0. The quantitative estimate of drug-likeness (QED) is 0.790. The summed E-state index contributed by atoms with van der Waals surface area (Å²) in [5, 5.41) is 0. The molecule has 3 heterocycles. The molecule has 2 aromatic heterocycles. The number of hydrogen-bond acceptors (Lipinski definition) is 6. The molecule has 2 aromatic rings. The smallest absolute Gasteiger partial charge is 0.373 e. The van der Waals surface area contributed by atoms with Crippen LogP contribution in [0.2, 0.25) is 0 Å². The summed E-state index contributed by atoms with van der Waals surface area (Å²) >= 11 is 0. The Bertz CT molecular complexity index is 656. The van der Waals surface area contributed by atoms with Gasteiger partial charge in [-0.15, -0.1) is 0 Å². The SMILES string of the molecule is COC(=O)c1ccc([C@H](C)N2CC[C@H](Oc3ccncc3)C2)o1. The van der Waals surface area contributed by atoms with E-state index in [1.807, 2.05) is 18.2 Å². The predicted molar refractivity (Wildman–Crippen MR) is 83.3 cm³/mol. The maximum absolute atomic E-state index is 11.5.